The van der Waals surface area contributed by atoms with E-state index in [-0.39, 0.29) is 0 Å². The molecule has 0 aromatic carbocycles. The van der Waals surface area contributed by atoms with Crippen LogP contribution in [-0.2, 0) is 14.2 Å². The quantitative estimate of drug-likeness (QED) is 0.427. The highest BCUT2D eigenvalue weighted by molar-refractivity contribution is 5.80. The monoisotopic (exact) mass is 299 g/mol. The number of methoxy groups -OCH3 is 1. The van der Waals surface area contributed by atoms with Crippen molar-refractivity contribution < 1.29 is 14.2 Å². The zero-order chi connectivity index (χ0) is 14.9. The Bertz CT molecular complexity index is 319. The Morgan fingerprint density at radius 1 is 1.38 bits per heavy atom. The molecule has 1 N–H and O–H groups in total. The molecule has 122 valence electrons. The van der Waals surface area contributed by atoms with Crippen LogP contribution in [0.5, 0.6) is 0 Å². The zero-order valence-electron chi connectivity index (χ0n) is 13.3. The summed E-state index contributed by atoms with van der Waals surface area (Å²) < 4.78 is 16.3. The van der Waals surface area contributed by atoms with Crippen molar-refractivity contribution >= 4 is 5.96 Å². The lowest BCUT2D eigenvalue weighted by molar-refractivity contribution is 0.0536. The molecule has 2 fully saturated rings. The van der Waals surface area contributed by atoms with E-state index in [1.54, 1.807) is 7.11 Å². The molecule has 0 saturated carbocycles. The summed E-state index contributed by atoms with van der Waals surface area (Å²) in [6, 6.07) is 0. The van der Waals surface area contributed by atoms with Crippen molar-refractivity contribution in [3.63, 3.8) is 0 Å². The van der Waals surface area contributed by atoms with E-state index in [0.29, 0.717) is 25.2 Å². The number of rotatable bonds is 7. The van der Waals surface area contributed by atoms with Crippen LogP contribution in [0.15, 0.2) is 4.99 Å². The first kappa shape index (κ1) is 16.5. The lowest BCUT2D eigenvalue weighted by Gasteiger charge is -2.23. The Morgan fingerprint density at radius 3 is 3.00 bits per heavy atom. The molecule has 0 amide bonds. The van der Waals surface area contributed by atoms with E-state index in [1.807, 2.05) is 7.05 Å². The van der Waals surface area contributed by atoms with E-state index < -0.39 is 0 Å². The summed E-state index contributed by atoms with van der Waals surface area (Å²) in [4.78, 5) is 6.71. The van der Waals surface area contributed by atoms with Crippen LogP contribution >= 0.6 is 0 Å². The molecule has 2 saturated heterocycles. The van der Waals surface area contributed by atoms with Crippen LogP contribution in [0.25, 0.3) is 0 Å². The highest BCUT2D eigenvalue weighted by Gasteiger charge is 2.25. The van der Waals surface area contributed by atoms with Gasteiger partial charge >= 0.3 is 0 Å². The summed E-state index contributed by atoms with van der Waals surface area (Å²) >= 11 is 0. The number of guanidine groups is 1. The fraction of sp³-hybridized carbons (Fsp3) is 0.933. The molecule has 2 atom stereocenters. The highest BCUT2D eigenvalue weighted by atomic mass is 16.5. The minimum Gasteiger partial charge on any atom is -0.382 e. The van der Waals surface area contributed by atoms with Crippen molar-refractivity contribution in [1.82, 2.24) is 10.2 Å². The number of hydrogen-bond donors (Lipinski definition) is 1. The van der Waals surface area contributed by atoms with Gasteiger partial charge in [0.1, 0.15) is 0 Å². The van der Waals surface area contributed by atoms with Gasteiger partial charge in [-0.25, -0.2) is 0 Å². The van der Waals surface area contributed by atoms with E-state index >= 15 is 0 Å². The third-order valence-corrected chi connectivity index (χ3v) is 4.09. The van der Waals surface area contributed by atoms with Gasteiger partial charge in [-0.15, -0.1) is 0 Å². The first-order valence-corrected chi connectivity index (χ1v) is 7.97. The van der Waals surface area contributed by atoms with Gasteiger partial charge in [0.05, 0.1) is 25.9 Å². The molecule has 0 bridgehead atoms. The standard InChI is InChI=1S/C15H29N3O3/c1-16-15(17-10-14-4-3-7-21-14)18-6-5-13(11-18)12-20-9-8-19-2/h13-14H,3-12H2,1-2H3,(H,16,17). The maximum atomic E-state index is 5.64. The van der Waals surface area contributed by atoms with Crippen LogP contribution in [0.1, 0.15) is 19.3 Å². The minimum absolute atomic E-state index is 0.345. The highest BCUT2D eigenvalue weighted by Crippen LogP contribution is 2.17. The third-order valence-electron chi connectivity index (χ3n) is 4.09. The van der Waals surface area contributed by atoms with Crippen LogP contribution in [0, 0.1) is 5.92 Å². The van der Waals surface area contributed by atoms with Gasteiger partial charge in [0.15, 0.2) is 5.96 Å². The van der Waals surface area contributed by atoms with E-state index in [1.165, 1.54) is 6.42 Å². The molecule has 0 aromatic heterocycles. The number of likely N-dealkylation sites (tertiary alicyclic amines) is 1. The lowest BCUT2D eigenvalue weighted by atomic mass is 10.1. The normalized spacial score (nSPS) is 26.6. The summed E-state index contributed by atoms with van der Waals surface area (Å²) in [6.45, 7) is 5.97. The van der Waals surface area contributed by atoms with E-state index in [4.69, 9.17) is 14.2 Å². The Kier molecular flexibility index (Phi) is 7.26. The molecule has 0 radical (unpaired) electrons. The molecule has 2 rings (SSSR count). The number of nitrogens with one attached hydrogen (secondary N) is 1. The summed E-state index contributed by atoms with van der Waals surface area (Å²) in [6.07, 6.45) is 3.83. The largest absolute Gasteiger partial charge is 0.382 e. The van der Waals surface area contributed by atoms with Crippen LogP contribution in [-0.4, -0.2) is 77.2 Å². The van der Waals surface area contributed by atoms with Crippen molar-refractivity contribution in [2.45, 2.75) is 25.4 Å². The number of ether oxygens (including phenoxy) is 3. The van der Waals surface area contributed by atoms with Gasteiger partial charge in [-0.2, -0.15) is 0 Å². The molecule has 6 heteroatoms. The maximum absolute atomic E-state index is 5.64. The van der Waals surface area contributed by atoms with Crippen molar-refractivity contribution in [2.24, 2.45) is 10.9 Å². The SMILES string of the molecule is CN=C(NCC1CCCO1)N1CCC(COCCOC)C1. The van der Waals surface area contributed by atoms with Gasteiger partial charge in [-0.1, -0.05) is 0 Å². The second-order valence-electron chi connectivity index (χ2n) is 5.73. The fourth-order valence-corrected chi connectivity index (χ4v) is 2.90. The second kappa shape index (κ2) is 9.23. The Hall–Kier alpha value is -0.850. The third kappa shape index (κ3) is 5.45. The number of aliphatic imine (C=N–C) groups is 1. The summed E-state index contributed by atoms with van der Waals surface area (Å²) in [5, 5.41) is 3.44. The molecule has 21 heavy (non-hydrogen) atoms. The summed E-state index contributed by atoms with van der Waals surface area (Å²) in [7, 11) is 3.55. The van der Waals surface area contributed by atoms with Gasteiger partial charge < -0.3 is 24.4 Å². The van der Waals surface area contributed by atoms with Gasteiger partial charge in [0, 0.05) is 46.3 Å². The molecule has 6 nitrogen and oxygen atoms in total. The first-order chi connectivity index (χ1) is 10.3. The Balaban J connectivity index is 1.65. The molecule has 2 aliphatic heterocycles. The van der Waals surface area contributed by atoms with Gasteiger partial charge in [0.2, 0.25) is 0 Å². The molecular weight excluding hydrogens is 270 g/mol. The number of nitrogens with zero attached hydrogens (tertiary/aromatic N) is 2. The average molecular weight is 299 g/mol. The van der Waals surface area contributed by atoms with Gasteiger partial charge in [0.25, 0.3) is 0 Å². The van der Waals surface area contributed by atoms with Crippen LogP contribution in [0.3, 0.4) is 0 Å². The second-order valence-corrected chi connectivity index (χ2v) is 5.73. The average Bonchev–Trinajstić information content (AvgIpc) is 3.16. The predicted molar refractivity (Wildman–Crippen MR) is 82.7 cm³/mol. The Labute approximate surface area is 127 Å². The molecule has 2 unspecified atom stereocenters. The van der Waals surface area contributed by atoms with Gasteiger partial charge in [-0.3, -0.25) is 4.99 Å². The lowest BCUT2D eigenvalue weighted by Crippen LogP contribution is -2.43. The van der Waals surface area contributed by atoms with E-state index in [2.05, 4.69) is 15.2 Å². The van der Waals surface area contributed by atoms with Crippen molar-refractivity contribution in [3.05, 3.63) is 0 Å². The van der Waals surface area contributed by atoms with Crippen molar-refractivity contribution in [2.75, 3.05) is 60.2 Å². The minimum atomic E-state index is 0.345. The summed E-state index contributed by atoms with van der Waals surface area (Å²) in [5.41, 5.74) is 0. The molecule has 0 spiro atoms. The number of hydrogen-bond acceptors (Lipinski definition) is 4. The molecular formula is C15H29N3O3. The Morgan fingerprint density at radius 2 is 2.29 bits per heavy atom. The molecule has 0 aromatic rings. The predicted octanol–water partition coefficient (Wildman–Crippen LogP) is 0.726. The topological polar surface area (TPSA) is 55.3 Å². The van der Waals surface area contributed by atoms with Crippen LogP contribution < -0.4 is 5.32 Å². The van der Waals surface area contributed by atoms with E-state index in [9.17, 15) is 0 Å². The van der Waals surface area contributed by atoms with Gasteiger partial charge in [-0.05, 0) is 19.3 Å². The van der Waals surface area contributed by atoms with Crippen molar-refractivity contribution in [3.8, 4) is 0 Å². The molecule has 0 aliphatic carbocycles. The first-order valence-electron chi connectivity index (χ1n) is 7.97. The van der Waals surface area contributed by atoms with Crippen molar-refractivity contribution in [1.29, 1.82) is 0 Å². The van der Waals surface area contributed by atoms with E-state index in [0.717, 1.165) is 51.6 Å². The maximum Gasteiger partial charge on any atom is 0.193 e. The van der Waals surface area contributed by atoms with Crippen LogP contribution in [0.2, 0.25) is 0 Å². The summed E-state index contributed by atoms with van der Waals surface area (Å²) in [5.74, 6) is 1.58. The van der Waals surface area contributed by atoms with Crippen LogP contribution in [0.4, 0.5) is 0 Å². The smallest absolute Gasteiger partial charge is 0.193 e. The zero-order valence-corrected chi connectivity index (χ0v) is 13.3. The molecule has 2 aliphatic rings. The fourth-order valence-electron chi connectivity index (χ4n) is 2.90. The molecule has 2 heterocycles.